The van der Waals surface area contributed by atoms with Crippen LogP contribution in [0.4, 0.5) is 11.4 Å². The fourth-order valence-corrected chi connectivity index (χ4v) is 8.15. The maximum absolute atomic E-state index is 13.5. The van der Waals surface area contributed by atoms with Crippen LogP contribution in [-0.4, -0.2) is 30.2 Å². The largest absolute Gasteiger partial charge is 0.343 e. The van der Waals surface area contributed by atoms with Crippen LogP contribution >= 0.6 is 11.8 Å². The monoisotopic (exact) mass is 673 g/mol. The van der Waals surface area contributed by atoms with E-state index in [0.717, 1.165) is 32.3 Å². The Kier molecular flexibility index (Phi) is 6.96. The van der Waals surface area contributed by atoms with Crippen LogP contribution < -0.4 is 4.90 Å². The van der Waals surface area contributed by atoms with Crippen LogP contribution in [0, 0.1) is 23.7 Å². The lowest BCUT2D eigenvalue weighted by atomic mass is 9.82. The van der Waals surface area contributed by atoms with Gasteiger partial charge in [-0.05, 0) is 48.5 Å². The van der Waals surface area contributed by atoms with E-state index in [-0.39, 0.29) is 23.1 Å². The molecule has 6 aromatic carbocycles. The van der Waals surface area contributed by atoms with Gasteiger partial charge < -0.3 is 4.90 Å². The summed E-state index contributed by atoms with van der Waals surface area (Å²) in [4.78, 5) is 57.4. The van der Waals surface area contributed by atoms with Gasteiger partial charge >= 0.3 is 0 Å². The van der Waals surface area contributed by atoms with Crippen molar-refractivity contribution in [2.45, 2.75) is 9.79 Å². The second-order valence-corrected chi connectivity index (χ2v) is 13.5. The molecule has 1 heterocycles. The zero-order valence-corrected chi connectivity index (χ0v) is 27.9. The quantitative estimate of drug-likeness (QED) is 0.151. The molecule has 0 fully saturated rings. The van der Waals surface area contributed by atoms with E-state index in [2.05, 4.69) is 28.6 Å². The molecule has 0 N–H and O–H groups in total. The maximum atomic E-state index is 13.5. The topological polar surface area (TPSA) is 71.5 Å². The Morgan fingerprint density at radius 1 is 0.431 bits per heavy atom. The molecule has 0 saturated heterocycles. The Balaban J connectivity index is 1.02. The van der Waals surface area contributed by atoms with Crippen LogP contribution in [0.25, 0.3) is 0 Å². The Morgan fingerprint density at radius 2 is 0.824 bits per heavy atom. The van der Waals surface area contributed by atoms with Crippen molar-refractivity contribution in [1.29, 1.82) is 0 Å². The number of hydrogen-bond donors (Lipinski definition) is 0. The lowest BCUT2D eigenvalue weighted by Crippen LogP contribution is -2.21. The third-order valence-electron chi connectivity index (χ3n) is 9.45. The summed E-state index contributed by atoms with van der Waals surface area (Å²) < 4.78 is 0. The van der Waals surface area contributed by atoms with E-state index in [1.54, 1.807) is 96.7 Å². The lowest BCUT2D eigenvalue weighted by molar-refractivity contribution is 0.0979. The van der Waals surface area contributed by atoms with Crippen LogP contribution in [0.5, 0.6) is 0 Å². The molecular weight excluding hydrogens is 651 g/mol. The second-order valence-electron chi connectivity index (χ2n) is 12.4. The number of rotatable bonds is 0. The number of anilines is 2. The molecule has 0 aromatic heterocycles. The van der Waals surface area contributed by atoms with E-state index in [0.29, 0.717) is 55.6 Å². The molecule has 0 saturated carbocycles. The first kappa shape index (κ1) is 30.3. The number of nitrogens with zero attached hydrogens (tertiary/aromatic N) is 1. The van der Waals surface area contributed by atoms with Gasteiger partial charge in [0.15, 0.2) is 23.1 Å². The summed E-state index contributed by atoms with van der Waals surface area (Å²) in [5.74, 6) is 12.1. The summed E-state index contributed by atoms with van der Waals surface area (Å²) in [6, 6.07) is 36.3. The van der Waals surface area contributed by atoms with Crippen molar-refractivity contribution in [1.82, 2.24) is 0 Å². The molecule has 3 aliphatic rings. The van der Waals surface area contributed by atoms with Crippen LogP contribution in [0.1, 0.15) is 85.9 Å². The van der Waals surface area contributed by atoms with E-state index in [1.807, 2.05) is 43.4 Å². The fraction of sp³-hybridized carbons (Fsp3) is 0.0222. The minimum absolute atomic E-state index is 0.169. The summed E-state index contributed by atoms with van der Waals surface area (Å²) in [6.07, 6.45) is 0. The third-order valence-corrected chi connectivity index (χ3v) is 10.5. The van der Waals surface area contributed by atoms with E-state index < -0.39 is 0 Å². The van der Waals surface area contributed by atoms with Crippen molar-refractivity contribution in [3.8, 4) is 23.7 Å². The van der Waals surface area contributed by atoms with Gasteiger partial charge in [-0.25, -0.2) is 0 Å². The lowest BCUT2D eigenvalue weighted by Gasteiger charge is -2.29. The highest BCUT2D eigenvalue weighted by molar-refractivity contribution is 7.99. The smallest absolute Gasteiger partial charge is 0.195 e. The first-order valence-electron chi connectivity index (χ1n) is 16.2. The van der Waals surface area contributed by atoms with Gasteiger partial charge in [0.1, 0.15) is 0 Å². The summed E-state index contributed by atoms with van der Waals surface area (Å²) in [5.41, 5.74) is 7.74. The molecule has 9 rings (SSSR count). The van der Waals surface area contributed by atoms with Crippen molar-refractivity contribution in [2.75, 3.05) is 11.9 Å². The summed E-state index contributed by atoms with van der Waals surface area (Å²) >= 11 is 1.61. The predicted molar refractivity (Wildman–Crippen MR) is 197 cm³/mol. The second kappa shape index (κ2) is 11.7. The maximum Gasteiger partial charge on any atom is 0.195 e. The fourth-order valence-electron chi connectivity index (χ4n) is 6.93. The summed E-state index contributed by atoms with van der Waals surface area (Å²) in [7, 11) is 2.02. The van der Waals surface area contributed by atoms with Gasteiger partial charge in [0.2, 0.25) is 0 Å². The number of ketones is 4. The molecule has 0 unspecified atom stereocenters. The number of carbonyl (C=O) groups excluding carboxylic acids is 4. The molecule has 2 aliphatic carbocycles. The van der Waals surface area contributed by atoms with E-state index in [4.69, 9.17) is 0 Å². The normalized spacial score (nSPS) is 13.3. The number of carbonyl (C=O) groups is 4. The van der Waals surface area contributed by atoms with Gasteiger partial charge in [-0.2, -0.15) is 0 Å². The summed E-state index contributed by atoms with van der Waals surface area (Å²) in [5, 5.41) is 0. The molecule has 6 aromatic rings. The molecule has 0 radical (unpaired) electrons. The first-order valence-corrected chi connectivity index (χ1v) is 17.1. The SMILES string of the molecule is CN1c2ccc(C#Cc3cccc4c3C(=O)c3ccccc3C4=O)cc2Sc2cc(C#Cc3cccc4c3C(=O)c3ccccc3C4=O)ccc21. The zero-order chi connectivity index (χ0) is 34.8. The molecule has 5 nitrogen and oxygen atoms in total. The molecular formula is C45H23NO4S. The van der Waals surface area contributed by atoms with Gasteiger partial charge in [0.05, 0.1) is 11.4 Å². The van der Waals surface area contributed by atoms with E-state index in [1.165, 1.54) is 0 Å². The van der Waals surface area contributed by atoms with Crippen LogP contribution in [0.3, 0.4) is 0 Å². The first-order chi connectivity index (χ1) is 24.9. The van der Waals surface area contributed by atoms with Crippen molar-refractivity contribution in [3.63, 3.8) is 0 Å². The molecule has 6 heteroatoms. The van der Waals surface area contributed by atoms with Gasteiger partial charge in [0.25, 0.3) is 0 Å². The predicted octanol–water partition coefficient (Wildman–Crippen LogP) is 8.27. The molecule has 51 heavy (non-hydrogen) atoms. The Labute approximate surface area is 298 Å². The van der Waals surface area contributed by atoms with Gasteiger partial charge in [0, 0.05) is 83.6 Å². The molecule has 0 spiro atoms. The van der Waals surface area contributed by atoms with E-state index >= 15 is 0 Å². The Morgan fingerprint density at radius 3 is 1.25 bits per heavy atom. The van der Waals surface area contributed by atoms with Gasteiger partial charge in [-0.15, -0.1) is 0 Å². The highest BCUT2D eigenvalue weighted by Gasteiger charge is 2.32. The number of fused-ring (bicyclic) bond motifs is 6. The average molecular weight is 674 g/mol. The van der Waals surface area contributed by atoms with Crippen molar-refractivity contribution < 1.29 is 19.2 Å². The number of hydrogen-bond acceptors (Lipinski definition) is 6. The summed E-state index contributed by atoms with van der Waals surface area (Å²) in [6.45, 7) is 0. The number of benzene rings is 6. The molecule has 0 bridgehead atoms. The zero-order valence-electron chi connectivity index (χ0n) is 27.0. The van der Waals surface area contributed by atoms with E-state index in [9.17, 15) is 19.2 Å². The van der Waals surface area contributed by atoms with Crippen LogP contribution in [0.2, 0.25) is 0 Å². The Bertz CT molecular complexity index is 2550. The Hall–Kier alpha value is -6.73. The molecule has 0 atom stereocenters. The highest BCUT2D eigenvalue weighted by Crippen LogP contribution is 2.48. The molecule has 1 aliphatic heterocycles. The van der Waals surface area contributed by atoms with Crippen LogP contribution in [-0.2, 0) is 0 Å². The standard InChI is InChI=1S/C45H23NO4S/c1-46-36-22-18-26(16-20-28-8-6-14-34-40(28)44(49)32-12-4-2-10-30(32)42(34)47)24-38(36)51-39-25-27(19-23-37(39)46)17-21-29-9-7-15-35-41(29)45(50)33-13-5-3-11-31(33)43(35)48/h2-15,18-19,22-25H,1H3. The average Bonchev–Trinajstić information content (AvgIpc) is 3.17. The molecule has 238 valence electrons. The van der Waals surface area contributed by atoms with Crippen molar-refractivity contribution in [2.24, 2.45) is 0 Å². The minimum atomic E-state index is -0.194. The third kappa shape index (κ3) is 4.85. The van der Waals surface area contributed by atoms with Gasteiger partial charge in [-0.3, -0.25) is 19.2 Å². The highest BCUT2D eigenvalue weighted by atomic mass is 32.2. The van der Waals surface area contributed by atoms with Crippen molar-refractivity contribution in [3.05, 3.63) is 188 Å². The minimum Gasteiger partial charge on any atom is -0.343 e. The van der Waals surface area contributed by atoms with Crippen molar-refractivity contribution >= 4 is 46.3 Å². The molecule has 0 amide bonds. The van der Waals surface area contributed by atoms with Crippen LogP contribution in [0.15, 0.2) is 131 Å². The van der Waals surface area contributed by atoms with Gasteiger partial charge in [-0.1, -0.05) is 108 Å².